The van der Waals surface area contributed by atoms with E-state index in [2.05, 4.69) is 0 Å². The van der Waals surface area contributed by atoms with E-state index in [1.807, 2.05) is 26.8 Å². The number of carbonyl (C=O) groups excluding carboxylic acids is 1. The zero-order chi connectivity index (χ0) is 14.9. The van der Waals surface area contributed by atoms with Crippen molar-refractivity contribution in [2.75, 3.05) is 13.1 Å². The highest BCUT2D eigenvalue weighted by Crippen LogP contribution is 2.37. The highest BCUT2D eigenvalue weighted by molar-refractivity contribution is 5.88. The third-order valence-corrected chi connectivity index (χ3v) is 3.94. The molecule has 0 saturated carbocycles. The van der Waals surface area contributed by atoms with E-state index in [4.69, 9.17) is 9.84 Å². The van der Waals surface area contributed by atoms with E-state index in [1.54, 1.807) is 4.90 Å². The molecular weight excluding hydrogens is 258 g/mol. The van der Waals surface area contributed by atoms with Crippen molar-refractivity contribution in [2.45, 2.75) is 45.6 Å². The van der Waals surface area contributed by atoms with E-state index in [1.165, 1.54) is 0 Å². The Bertz CT molecular complexity index is 428. The van der Waals surface area contributed by atoms with Crippen LogP contribution in [-0.4, -0.2) is 40.8 Å². The summed E-state index contributed by atoms with van der Waals surface area (Å²) in [5.74, 6) is 0.0751. The van der Waals surface area contributed by atoms with E-state index in [9.17, 15) is 9.59 Å². The molecule has 0 aromatic rings. The van der Waals surface area contributed by atoms with Crippen LogP contribution in [0.15, 0.2) is 11.6 Å². The van der Waals surface area contributed by atoms with E-state index in [0.717, 1.165) is 12.8 Å². The number of nitrogens with zero attached hydrogens (tertiary/aromatic N) is 1. The summed E-state index contributed by atoms with van der Waals surface area (Å²) in [4.78, 5) is 24.4. The molecule has 1 N–H and O–H groups in total. The van der Waals surface area contributed by atoms with E-state index in [-0.39, 0.29) is 6.09 Å². The smallest absolute Gasteiger partial charge is 0.410 e. The monoisotopic (exact) mass is 281 g/mol. The number of allylic oxidation sites excluding steroid dienone is 1. The predicted octanol–water partition coefficient (Wildman–Crippen LogP) is 2.66. The lowest BCUT2D eigenvalue weighted by Gasteiger charge is -2.38. The Morgan fingerprint density at radius 2 is 1.85 bits per heavy atom. The van der Waals surface area contributed by atoms with Gasteiger partial charge < -0.3 is 14.7 Å². The van der Waals surface area contributed by atoms with Crippen LogP contribution in [0.4, 0.5) is 4.79 Å². The van der Waals surface area contributed by atoms with Crippen molar-refractivity contribution in [1.29, 1.82) is 0 Å². The first-order chi connectivity index (χ1) is 9.26. The second-order valence-electron chi connectivity index (χ2n) is 6.67. The summed E-state index contributed by atoms with van der Waals surface area (Å²) >= 11 is 0. The van der Waals surface area contributed by atoms with Crippen molar-refractivity contribution in [2.24, 2.45) is 11.8 Å². The highest BCUT2D eigenvalue weighted by Gasteiger charge is 2.34. The average Bonchev–Trinajstić information content (AvgIpc) is 2.24. The van der Waals surface area contributed by atoms with E-state index in [0.29, 0.717) is 36.9 Å². The SMILES string of the molecule is CC(C)(C)OC(=O)N1CCC(C2C=C(C(=O)O)C2)CC1. The maximum atomic E-state index is 11.9. The molecule has 0 bridgehead atoms. The molecule has 1 saturated heterocycles. The third-order valence-electron chi connectivity index (χ3n) is 3.94. The lowest BCUT2D eigenvalue weighted by atomic mass is 9.73. The zero-order valence-electron chi connectivity index (χ0n) is 12.4. The highest BCUT2D eigenvalue weighted by atomic mass is 16.6. The Morgan fingerprint density at radius 1 is 1.30 bits per heavy atom. The molecule has 5 nitrogen and oxygen atoms in total. The van der Waals surface area contributed by atoms with E-state index >= 15 is 0 Å². The number of aliphatic carboxylic acids is 1. The zero-order valence-corrected chi connectivity index (χ0v) is 12.4. The van der Waals surface area contributed by atoms with Gasteiger partial charge in [-0.05, 0) is 51.9 Å². The Balaban J connectivity index is 1.79. The summed E-state index contributed by atoms with van der Waals surface area (Å²) in [7, 11) is 0. The number of carboxylic acid groups (broad SMARTS) is 1. The van der Waals surface area contributed by atoms with Gasteiger partial charge in [0.15, 0.2) is 0 Å². The molecule has 1 aliphatic heterocycles. The van der Waals surface area contributed by atoms with Crippen LogP contribution in [0, 0.1) is 11.8 Å². The fourth-order valence-electron chi connectivity index (χ4n) is 2.78. The molecule has 1 heterocycles. The van der Waals surface area contributed by atoms with Crippen molar-refractivity contribution < 1.29 is 19.4 Å². The third kappa shape index (κ3) is 3.52. The largest absolute Gasteiger partial charge is 0.478 e. The molecule has 1 unspecified atom stereocenters. The molecule has 1 atom stereocenters. The van der Waals surface area contributed by atoms with Crippen LogP contribution in [0.3, 0.4) is 0 Å². The number of piperidine rings is 1. The molecule has 112 valence electrons. The van der Waals surface area contributed by atoms with E-state index < -0.39 is 11.6 Å². The molecule has 2 aliphatic rings. The Hall–Kier alpha value is -1.52. The molecular formula is C15H23NO4. The maximum absolute atomic E-state index is 11.9. The van der Waals surface area contributed by atoms with Crippen LogP contribution in [0.2, 0.25) is 0 Å². The molecule has 1 aliphatic carbocycles. The number of likely N-dealkylation sites (tertiary alicyclic amines) is 1. The molecule has 20 heavy (non-hydrogen) atoms. The first-order valence-corrected chi connectivity index (χ1v) is 7.18. The second-order valence-corrected chi connectivity index (χ2v) is 6.67. The van der Waals surface area contributed by atoms with Gasteiger partial charge in [-0.2, -0.15) is 0 Å². The standard InChI is InChI=1S/C15H23NO4/c1-15(2,3)20-14(19)16-6-4-10(5-7-16)11-8-12(9-11)13(17)18/h8,10-11H,4-7,9H2,1-3H3,(H,17,18). The minimum atomic E-state index is -0.799. The Morgan fingerprint density at radius 3 is 2.30 bits per heavy atom. The topological polar surface area (TPSA) is 66.8 Å². The lowest BCUT2D eigenvalue weighted by Crippen LogP contribution is -2.43. The fourth-order valence-corrected chi connectivity index (χ4v) is 2.78. The number of rotatable bonds is 2. The first-order valence-electron chi connectivity index (χ1n) is 7.18. The quantitative estimate of drug-likeness (QED) is 0.845. The van der Waals surface area contributed by atoms with Gasteiger partial charge in [0.05, 0.1) is 0 Å². The minimum Gasteiger partial charge on any atom is -0.478 e. The number of hydrogen-bond donors (Lipinski definition) is 1. The number of carbonyl (C=O) groups is 2. The molecule has 5 heteroatoms. The molecule has 2 rings (SSSR count). The minimum absolute atomic E-state index is 0.244. The Labute approximate surface area is 119 Å². The van der Waals surface area contributed by atoms with Crippen molar-refractivity contribution in [3.63, 3.8) is 0 Å². The number of ether oxygens (including phenoxy) is 1. The summed E-state index contributed by atoms with van der Waals surface area (Å²) in [6, 6.07) is 0. The number of amides is 1. The molecule has 1 fully saturated rings. The van der Waals surface area contributed by atoms with Gasteiger partial charge in [0.2, 0.25) is 0 Å². The predicted molar refractivity (Wildman–Crippen MR) is 74.4 cm³/mol. The normalized spacial score (nSPS) is 23.9. The summed E-state index contributed by atoms with van der Waals surface area (Å²) in [5, 5.41) is 8.83. The van der Waals surface area contributed by atoms with Crippen LogP contribution in [0.1, 0.15) is 40.0 Å². The van der Waals surface area contributed by atoms with Crippen LogP contribution in [0.5, 0.6) is 0 Å². The van der Waals surface area contributed by atoms with Crippen LogP contribution in [0.25, 0.3) is 0 Å². The van der Waals surface area contributed by atoms with Gasteiger partial charge in [-0.3, -0.25) is 0 Å². The van der Waals surface area contributed by atoms with Crippen LogP contribution in [-0.2, 0) is 9.53 Å². The maximum Gasteiger partial charge on any atom is 0.410 e. The van der Waals surface area contributed by atoms with Crippen molar-refractivity contribution in [1.82, 2.24) is 4.90 Å². The summed E-state index contributed by atoms with van der Waals surface area (Å²) < 4.78 is 5.36. The molecule has 0 radical (unpaired) electrons. The first kappa shape index (κ1) is 14.9. The van der Waals surface area contributed by atoms with Crippen molar-refractivity contribution in [3.05, 3.63) is 11.6 Å². The van der Waals surface area contributed by atoms with Gasteiger partial charge >= 0.3 is 12.1 Å². The van der Waals surface area contributed by atoms with Gasteiger partial charge in [-0.25, -0.2) is 9.59 Å². The molecule has 0 aromatic carbocycles. The van der Waals surface area contributed by atoms with Gasteiger partial charge in [-0.1, -0.05) is 6.08 Å². The van der Waals surface area contributed by atoms with Gasteiger partial charge in [0, 0.05) is 18.7 Å². The number of hydrogen-bond acceptors (Lipinski definition) is 3. The Kier molecular flexibility index (Phi) is 4.06. The van der Waals surface area contributed by atoms with Crippen LogP contribution < -0.4 is 0 Å². The average molecular weight is 281 g/mol. The van der Waals surface area contributed by atoms with Crippen molar-refractivity contribution >= 4 is 12.1 Å². The molecule has 0 spiro atoms. The fraction of sp³-hybridized carbons (Fsp3) is 0.733. The second kappa shape index (κ2) is 5.46. The van der Waals surface area contributed by atoms with Gasteiger partial charge in [0.1, 0.15) is 5.60 Å². The summed E-state index contributed by atoms with van der Waals surface area (Å²) in [6.45, 7) is 7.00. The summed E-state index contributed by atoms with van der Waals surface area (Å²) in [6.07, 6.45) is 4.15. The lowest BCUT2D eigenvalue weighted by molar-refractivity contribution is -0.133. The van der Waals surface area contributed by atoms with Crippen molar-refractivity contribution in [3.8, 4) is 0 Å². The van der Waals surface area contributed by atoms with Gasteiger partial charge in [0.25, 0.3) is 0 Å². The van der Waals surface area contributed by atoms with Crippen LogP contribution >= 0.6 is 0 Å². The number of carboxylic acids is 1. The van der Waals surface area contributed by atoms with Gasteiger partial charge in [-0.15, -0.1) is 0 Å². The molecule has 0 aromatic heterocycles. The summed E-state index contributed by atoms with van der Waals surface area (Å²) in [5.41, 5.74) is 0.0747. The molecule has 1 amide bonds.